The van der Waals surface area contributed by atoms with Gasteiger partial charge in [-0.3, -0.25) is 0 Å². The van der Waals surface area contributed by atoms with Crippen LogP contribution in [-0.4, -0.2) is 10.5 Å². The Kier molecular flexibility index (Phi) is 2.59. The molecule has 4 fully saturated rings. The summed E-state index contributed by atoms with van der Waals surface area (Å²) in [5.74, 6) is 3.96. The molecule has 0 radical (unpaired) electrons. The highest BCUT2D eigenvalue weighted by Gasteiger charge is 2.50. The molecule has 0 saturated heterocycles. The van der Waals surface area contributed by atoms with E-state index in [4.69, 9.17) is 5.73 Å². The second-order valence-electron chi connectivity index (χ2n) is 7.08. The summed E-state index contributed by atoms with van der Waals surface area (Å²) < 4.78 is 0. The normalized spacial score (nSPS) is 39.5. The Hall–Kier alpha value is -1.09. The minimum absolute atomic E-state index is 0.353. The minimum Gasteiger partial charge on any atom is -0.365 e. The van der Waals surface area contributed by atoms with Gasteiger partial charge in [0.15, 0.2) is 0 Å². The van der Waals surface area contributed by atoms with Gasteiger partial charge in [-0.2, -0.15) is 0 Å². The summed E-state index contributed by atoms with van der Waals surface area (Å²) >= 11 is 0. The molecule has 4 bridgehead atoms. The number of pyridine rings is 1. The molecule has 19 heavy (non-hydrogen) atoms. The monoisotopic (exact) mass is 257 g/mol. The predicted molar refractivity (Wildman–Crippen MR) is 76.7 cm³/mol. The minimum atomic E-state index is 0.353. The Bertz CT molecular complexity index is 430. The van der Waals surface area contributed by atoms with Crippen molar-refractivity contribution in [2.24, 2.45) is 23.5 Å². The first-order chi connectivity index (χ1) is 9.25. The summed E-state index contributed by atoms with van der Waals surface area (Å²) in [5.41, 5.74) is 7.09. The lowest BCUT2D eigenvalue weighted by atomic mass is 9.53. The van der Waals surface area contributed by atoms with Crippen LogP contribution in [0.15, 0.2) is 18.3 Å². The van der Waals surface area contributed by atoms with E-state index in [1.807, 2.05) is 6.20 Å². The summed E-state index contributed by atoms with van der Waals surface area (Å²) in [6, 6.07) is 4.19. The van der Waals surface area contributed by atoms with E-state index in [1.54, 1.807) is 0 Å². The summed E-state index contributed by atoms with van der Waals surface area (Å²) in [5, 5.41) is 3.79. The molecule has 3 nitrogen and oxygen atoms in total. The number of hydrogen-bond donors (Lipinski definition) is 2. The van der Waals surface area contributed by atoms with Gasteiger partial charge in [-0.1, -0.05) is 6.07 Å². The third-order valence-corrected chi connectivity index (χ3v) is 5.49. The van der Waals surface area contributed by atoms with Crippen molar-refractivity contribution in [3.63, 3.8) is 0 Å². The van der Waals surface area contributed by atoms with E-state index in [1.165, 1.54) is 38.5 Å². The molecule has 4 aliphatic rings. The Morgan fingerprint density at radius 3 is 2.21 bits per heavy atom. The zero-order valence-corrected chi connectivity index (χ0v) is 11.4. The number of nitrogens with two attached hydrogens (primary N) is 1. The molecule has 0 aliphatic heterocycles. The molecule has 102 valence electrons. The van der Waals surface area contributed by atoms with Crippen LogP contribution >= 0.6 is 0 Å². The van der Waals surface area contributed by atoms with Crippen LogP contribution < -0.4 is 11.1 Å². The van der Waals surface area contributed by atoms with Crippen LogP contribution in [0.3, 0.4) is 0 Å². The maximum Gasteiger partial charge on any atom is 0.126 e. The van der Waals surface area contributed by atoms with Crippen LogP contribution in [0, 0.1) is 17.8 Å². The first-order valence-corrected chi connectivity index (χ1v) is 7.68. The van der Waals surface area contributed by atoms with Crippen molar-refractivity contribution in [1.29, 1.82) is 0 Å². The third kappa shape index (κ3) is 2.04. The fraction of sp³-hybridized carbons (Fsp3) is 0.688. The summed E-state index contributed by atoms with van der Waals surface area (Å²) in [6.45, 7) is 0.574. The van der Waals surface area contributed by atoms with Crippen molar-refractivity contribution in [1.82, 2.24) is 4.98 Å². The van der Waals surface area contributed by atoms with Gasteiger partial charge < -0.3 is 11.1 Å². The Labute approximate surface area is 115 Å². The van der Waals surface area contributed by atoms with E-state index in [2.05, 4.69) is 22.4 Å². The molecular formula is C16H23N3. The topological polar surface area (TPSA) is 50.9 Å². The van der Waals surface area contributed by atoms with Crippen molar-refractivity contribution >= 4 is 5.82 Å². The highest BCUT2D eigenvalue weighted by Crippen LogP contribution is 2.56. The highest BCUT2D eigenvalue weighted by molar-refractivity contribution is 5.40. The molecule has 0 unspecified atom stereocenters. The Morgan fingerprint density at radius 2 is 1.74 bits per heavy atom. The fourth-order valence-electron chi connectivity index (χ4n) is 5.15. The van der Waals surface area contributed by atoms with E-state index in [9.17, 15) is 0 Å². The van der Waals surface area contributed by atoms with Crippen molar-refractivity contribution in [3.8, 4) is 0 Å². The largest absolute Gasteiger partial charge is 0.365 e. The van der Waals surface area contributed by atoms with E-state index in [-0.39, 0.29) is 0 Å². The molecule has 1 aromatic heterocycles. The maximum absolute atomic E-state index is 5.63. The van der Waals surface area contributed by atoms with Gasteiger partial charge in [-0.15, -0.1) is 0 Å². The quantitative estimate of drug-likeness (QED) is 0.875. The smallest absolute Gasteiger partial charge is 0.126 e. The number of anilines is 1. The van der Waals surface area contributed by atoms with E-state index in [0.29, 0.717) is 12.1 Å². The van der Waals surface area contributed by atoms with Gasteiger partial charge in [0, 0.05) is 18.3 Å². The molecule has 4 saturated carbocycles. The predicted octanol–water partition coefficient (Wildman–Crippen LogP) is 2.92. The Morgan fingerprint density at radius 1 is 1.11 bits per heavy atom. The van der Waals surface area contributed by atoms with Crippen LogP contribution in [0.25, 0.3) is 0 Å². The summed E-state index contributed by atoms with van der Waals surface area (Å²) in [4.78, 5) is 4.53. The molecule has 5 rings (SSSR count). The average molecular weight is 257 g/mol. The molecule has 1 heterocycles. The van der Waals surface area contributed by atoms with Crippen molar-refractivity contribution in [2.75, 3.05) is 5.32 Å². The second kappa shape index (κ2) is 4.20. The maximum atomic E-state index is 5.63. The van der Waals surface area contributed by atoms with Gasteiger partial charge in [-0.05, 0) is 67.9 Å². The van der Waals surface area contributed by atoms with Crippen LogP contribution in [-0.2, 0) is 6.54 Å². The number of nitrogens with zero attached hydrogens (tertiary/aromatic N) is 1. The van der Waals surface area contributed by atoms with Gasteiger partial charge in [0.25, 0.3) is 0 Å². The first kappa shape index (κ1) is 11.7. The van der Waals surface area contributed by atoms with Crippen LogP contribution in [0.5, 0.6) is 0 Å². The molecule has 3 N–H and O–H groups in total. The van der Waals surface area contributed by atoms with Crippen LogP contribution in [0.1, 0.15) is 44.1 Å². The number of aromatic nitrogens is 1. The molecule has 0 atom stereocenters. The Balaban J connectivity index is 1.55. The second-order valence-corrected chi connectivity index (χ2v) is 7.08. The number of hydrogen-bond acceptors (Lipinski definition) is 3. The summed E-state index contributed by atoms with van der Waals surface area (Å²) in [7, 11) is 0. The van der Waals surface area contributed by atoms with Crippen molar-refractivity contribution in [3.05, 3.63) is 23.9 Å². The van der Waals surface area contributed by atoms with E-state index in [0.717, 1.165) is 29.1 Å². The van der Waals surface area contributed by atoms with Gasteiger partial charge >= 0.3 is 0 Å². The van der Waals surface area contributed by atoms with Gasteiger partial charge in [0.1, 0.15) is 5.82 Å². The van der Waals surface area contributed by atoms with Gasteiger partial charge in [0.2, 0.25) is 0 Å². The molecule has 0 spiro atoms. The molecular weight excluding hydrogens is 234 g/mol. The van der Waals surface area contributed by atoms with E-state index >= 15 is 0 Å². The van der Waals surface area contributed by atoms with Crippen LogP contribution in [0.4, 0.5) is 5.82 Å². The molecule has 0 aromatic carbocycles. The van der Waals surface area contributed by atoms with Crippen molar-refractivity contribution < 1.29 is 0 Å². The molecule has 1 aromatic rings. The SMILES string of the molecule is NCc1ccc(NC23CC4CC(CC(C4)C2)C3)nc1. The van der Waals surface area contributed by atoms with Gasteiger partial charge in [-0.25, -0.2) is 4.98 Å². The lowest BCUT2D eigenvalue weighted by Crippen LogP contribution is -2.54. The summed E-state index contributed by atoms with van der Waals surface area (Å²) in [6.07, 6.45) is 10.4. The third-order valence-electron chi connectivity index (χ3n) is 5.49. The highest BCUT2D eigenvalue weighted by atomic mass is 15.1. The zero-order valence-electron chi connectivity index (χ0n) is 11.4. The van der Waals surface area contributed by atoms with Gasteiger partial charge in [0.05, 0.1) is 0 Å². The van der Waals surface area contributed by atoms with Crippen LogP contribution in [0.2, 0.25) is 0 Å². The number of nitrogens with one attached hydrogen (secondary N) is 1. The standard InChI is InChI=1S/C16H23N3/c17-9-11-1-2-15(18-10-11)19-16-6-12-3-13(7-16)5-14(4-12)8-16/h1-2,10,12-14H,3-9,17H2,(H,18,19). The zero-order chi connectivity index (χ0) is 12.9. The van der Waals surface area contributed by atoms with E-state index < -0.39 is 0 Å². The lowest BCUT2D eigenvalue weighted by molar-refractivity contribution is 0.0105. The lowest BCUT2D eigenvalue weighted by Gasteiger charge is -2.57. The molecule has 4 aliphatic carbocycles. The average Bonchev–Trinajstić information content (AvgIpc) is 2.37. The van der Waals surface area contributed by atoms with Crippen molar-refractivity contribution in [2.45, 2.75) is 50.6 Å². The molecule has 3 heteroatoms. The number of rotatable bonds is 3. The fourth-order valence-corrected chi connectivity index (χ4v) is 5.15. The first-order valence-electron chi connectivity index (χ1n) is 7.68. The molecule has 0 amide bonds.